The first kappa shape index (κ1) is 32.5. The fourth-order valence-corrected chi connectivity index (χ4v) is 9.11. The minimum atomic E-state index is -0.811. The molecule has 0 saturated carbocycles. The normalized spacial score (nSPS) is 17.7. The molecule has 4 heteroatoms. The topological polar surface area (TPSA) is 39.1 Å². The van der Waals surface area contributed by atoms with Crippen molar-refractivity contribution in [1.29, 1.82) is 0 Å². The van der Waals surface area contributed by atoms with Crippen molar-refractivity contribution in [2.45, 2.75) is 105 Å². The predicted molar refractivity (Wildman–Crippen MR) is 201 cm³/mol. The zero-order chi connectivity index (χ0) is 34.6. The quantitative estimate of drug-likeness (QED) is 0.139. The van der Waals surface area contributed by atoms with Gasteiger partial charge in [0, 0.05) is 30.5 Å². The molecule has 4 nitrogen and oxygen atoms in total. The van der Waals surface area contributed by atoms with Crippen molar-refractivity contribution >= 4 is 43.6 Å². The van der Waals surface area contributed by atoms with E-state index in [0.717, 1.165) is 69.4 Å². The van der Waals surface area contributed by atoms with Crippen molar-refractivity contribution in [3.05, 3.63) is 95.3 Å². The average molecular weight is 640 g/mol. The summed E-state index contributed by atoms with van der Waals surface area (Å²) < 4.78 is 16.4. The molecule has 1 unspecified atom stereocenters. The second kappa shape index (κ2) is 10.7. The number of hydrogen-bond donors (Lipinski definition) is 0. The van der Waals surface area contributed by atoms with E-state index < -0.39 is 11.1 Å². The van der Waals surface area contributed by atoms with E-state index in [2.05, 4.69) is 141 Å². The molecule has 3 heterocycles. The first-order valence-electron chi connectivity index (χ1n) is 17.6. The van der Waals surface area contributed by atoms with Gasteiger partial charge < -0.3 is 9.15 Å². The van der Waals surface area contributed by atoms with Crippen LogP contribution in [0.3, 0.4) is 0 Å². The monoisotopic (exact) mass is 639 g/mol. The number of aromatic nitrogens is 2. The molecule has 4 aromatic carbocycles. The molecule has 248 valence electrons. The SMILES string of the molecule is C=CC1(OC)c2c(cc(C(C)(C)C)c3cc(C)ccc23)-c2c3oc4c5cccc(CC(C)(C)C)c5ccc4c3nc(C)[n+]2C1(CC)CC. The van der Waals surface area contributed by atoms with Crippen molar-refractivity contribution in [1.82, 2.24) is 4.98 Å². The summed E-state index contributed by atoms with van der Waals surface area (Å²) in [5.74, 6) is 0.945. The van der Waals surface area contributed by atoms with Gasteiger partial charge in [0.1, 0.15) is 11.1 Å². The number of nitrogens with zero attached hydrogens (tertiary/aromatic N) is 2. The van der Waals surface area contributed by atoms with Gasteiger partial charge in [0.15, 0.2) is 11.3 Å². The van der Waals surface area contributed by atoms with Crippen molar-refractivity contribution in [3.8, 4) is 11.3 Å². The van der Waals surface area contributed by atoms with Gasteiger partial charge in [-0.15, -0.1) is 0 Å². The Morgan fingerprint density at radius 1 is 0.854 bits per heavy atom. The molecule has 7 rings (SSSR count). The lowest BCUT2D eigenvalue weighted by Gasteiger charge is -2.50. The van der Waals surface area contributed by atoms with Crippen molar-refractivity contribution in [2.75, 3.05) is 7.11 Å². The lowest BCUT2D eigenvalue weighted by molar-refractivity contribution is -0.782. The number of ether oxygens (including phenoxy) is 1. The lowest BCUT2D eigenvalue weighted by Crippen LogP contribution is -2.71. The average Bonchev–Trinajstić information content (AvgIpc) is 3.41. The van der Waals surface area contributed by atoms with Gasteiger partial charge in [-0.1, -0.05) is 116 Å². The highest BCUT2D eigenvalue weighted by Crippen LogP contribution is 2.56. The van der Waals surface area contributed by atoms with Gasteiger partial charge in [0.05, 0.1) is 5.39 Å². The second-order valence-electron chi connectivity index (χ2n) is 16.3. The Balaban J connectivity index is 1.73. The Kier molecular flexibility index (Phi) is 7.28. The van der Waals surface area contributed by atoms with E-state index in [1.54, 1.807) is 0 Å². The summed E-state index contributed by atoms with van der Waals surface area (Å²) in [7, 11) is 1.85. The number of benzene rings is 4. The molecule has 0 amide bonds. The summed E-state index contributed by atoms with van der Waals surface area (Å²) in [6, 6.07) is 20.4. The van der Waals surface area contributed by atoms with Crippen molar-refractivity contribution in [2.24, 2.45) is 5.41 Å². The molecule has 0 N–H and O–H groups in total. The molecule has 6 aromatic rings. The Labute approximate surface area is 285 Å². The Morgan fingerprint density at radius 2 is 1.54 bits per heavy atom. The van der Waals surface area contributed by atoms with Crippen LogP contribution in [-0.4, -0.2) is 12.1 Å². The predicted octanol–water partition coefficient (Wildman–Crippen LogP) is 11.3. The number of furan rings is 1. The summed E-state index contributed by atoms with van der Waals surface area (Å²) in [5.41, 5.74) is 8.66. The van der Waals surface area contributed by atoms with Gasteiger partial charge in [-0.05, 0) is 81.4 Å². The maximum absolute atomic E-state index is 7.19. The molecular formula is C44H51N2O2+. The van der Waals surface area contributed by atoms with E-state index in [1.165, 1.54) is 32.8 Å². The van der Waals surface area contributed by atoms with Gasteiger partial charge in [-0.2, -0.15) is 0 Å². The van der Waals surface area contributed by atoms with Gasteiger partial charge in [0.2, 0.25) is 11.1 Å². The molecule has 0 aliphatic carbocycles. The summed E-state index contributed by atoms with van der Waals surface area (Å²) in [4.78, 5) is 5.39. The second-order valence-corrected chi connectivity index (χ2v) is 16.3. The third-order valence-electron chi connectivity index (χ3n) is 11.2. The molecule has 1 aliphatic rings. The number of aryl methyl sites for hydroxylation is 2. The van der Waals surface area contributed by atoms with Gasteiger partial charge in [-0.25, -0.2) is 4.57 Å². The number of rotatable bonds is 5. The van der Waals surface area contributed by atoms with Crippen LogP contribution in [0.4, 0.5) is 0 Å². The first-order chi connectivity index (χ1) is 22.7. The zero-order valence-electron chi connectivity index (χ0n) is 30.8. The minimum Gasteiger partial charge on any atom is -0.447 e. The van der Waals surface area contributed by atoms with Crippen LogP contribution in [0.25, 0.3) is 54.9 Å². The Morgan fingerprint density at radius 3 is 2.17 bits per heavy atom. The molecule has 0 bridgehead atoms. The standard InChI is InChI=1S/C44H51N2O2/c1-13-43(14-2)44(15-3,47-12)36-30-20-19-26(4)23-33(30)35(42(9,10)11)24-34(36)38-40-37(45-27(5)46(38)43)32-22-21-29-28(25-41(6,7)8)17-16-18-31(29)39(32)48-40/h15-24H,3,13-14,25H2,1-2,4-12H3/q+1. The van der Waals surface area contributed by atoms with Crippen LogP contribution in [0, 0.1) is 19.3 Å². The highest BCUT2D eigenvalue weighted by atomic mass is 16.5. The summed E-state index contributed by atoms with van der Waals surface area (Å²) in [6.45, 7) is 27.2. The number of hydrogen-bond acceptors (Lipinski definition) is 3. The minimum absolute atomic E-state index is 0.103. The molecule has 48 heavy (non-hydrogen) atoms. The Bertz CT molecular complexity index is 2290. The molecule has 1 aliphatic heterocycles. The van der Waals surface area contributed by atoms with E-state index in [9.17, 15) is 0 Å². The van der Waals surface area contributed by atoms with Crippen LogP contribution < -0.4 is 4.57 Å². The smallest absolute Gasteiger partial charge is 0.297 e. The third-order valence-corrected chi connectivity index (χ3v) is 11.2. The Hall–Kier alpha value is -4.02. The molecule has 0 saturated heterocycles. The van der Waals surface area contributed by atoms with Gasteiger partial charge >= 0.3 is 0 Å². The molecular weight excluding hydrogens is 588 g/mol. The summed E-state index contributed by atoms with van der Waals surface area (Å²) >= 11 is 0. The van der Waals surface area contributed by atoms with Crippen LogP contribution in [0.1, 0.15) is 96.3 Å². The van der Waals surface area contributed by atoms with E-state index in [4.69, 9.17) is 14.1 Å². The first-order valence-corrected chi connectivity index (χ1v) is 17.6. The maximum atomic E-state index is 7.19. The van der Waals surface area contributed by atoms with Crippen molar-refractivity contribution < 1.29 is 13.7 Å². The van der Waals surface area contributed by atoms with Crippen LogP contribution in [0.15, 0.2) is 71.7 Å². The highest BCUT2D eigenvalue weighted by Gasteiger charge is 2.61. The van der Waals surface area contributed by atoms with Gasteiger partial charge in [-0.3, -0.25) is 0 Å². The van der Waals surface area contributed by atoms with E-state index in [-0.39, 0.29) is 10.8 Å². The third kappa shape index (κ3) is 4.30. The number of fused-ring (bicyclic) bond motifs is 11. The molecule has 0 radical (unpaired) electrons. The zero-order valence-corrected chi connectivity index (χ0v) is 30.8. The largest absolute Gasteiger partial charge is 0.447 e. The van der Waals surface area contributed by atoms with E-state index in [0.29, 0.717) is 0 Å². The lowest BCUT2D eigenvalue weighted by atomic mass is 9.64. The number of methoxy groups -OCH3 is 1. The summed E-state index contributed by atoms with van der Waals surface area (Å²) in [5, 5.41) is 5.91. The van der Waals surface area contributed by atoms with Gasteiger partial charge in [0.25, 0.3) is 5.82 Å². The maximum Gasteiger partial charge on any atom is 0.297 e. The van der Waals surface area contributed by atoms with Crippen molar-refractivity contribution in [3.63, 3.8) is 0 Å². The van der Waals surface area contributed by atoms with Crippen LogP contribution in [0.2, 0.25) is 0 Å². The van der Waals surface area contributed by atoms with Crippen LogP contribution in [-0.2, 0) is 27.7 Å². The summed E-state index contributed by atoms with van der Waals surface area (Å²) in [6.07, 6.45) is 4.69. The van der Waals surface area contributed by atoms with E-state index >= 15 is 0 Å². The fraction of sp³-hybridized carbons (Fsp3) is 0.409. The molecule has 0 spiro atoms. The highest BCUT2D eigenvalue weighted by molar-refractivity contribution is 6.16. The van der Waals surface area contributed by atoms with Crippen LogP contribution >= 0.6 is 0 Å². The van der Waals surface area contributed by atoms with Crippen LogP contribution in [0.5, 0.6) is 0 Å². The molecule has 0 fully saturated rings. The molecule has 1 atom stereocenters. The fourth-order valence-electron chi connectivity index (χ4n) is 9.11. The molecule has 2 aromatic heterocycles. The van der Waals surface area contributed by atoms with E-state index in [1.807, 2.05) is 7.11 Å².